The third-order valence-corrected chi connectivity index (χ3v) is 3.52. The number of benzene rings is 1. The van der Waals surface area contributed by atoms with Crippen molar-refractivity contribution in [2.75, 3.05) is 11.1 Å². The van der Waals surface area contributed by atoms with Crippen LogP contribution in [0, 0.1) is 0 Å². The first-order valence-electron chi connectivity index (χ1n) is 6.24. The molecule has 1 aliphatic rings. The molecule has 2 aromatic rings. The second kappa shape index (κ2) is 4.24. The minimum absolute atomic E-state index is 0.613. The Morgan fingerprint density at radius 2 is 2.00 bits per heavy atom. The van der Waals surface area contributed by atoms with E-state index in [2.05, 4.69) is 22.4 Å². The van der Waals surface area contributed by atoms with Crippen LogP contribution in [0.3, 0.4) is 0 Å². The first kappa shape index (κ1) is 10.4. The molecule has 1 saturated carbocycles. The zero-order chi connectivity index (χ0) is 11.7. The third-order valence-electron chi connectivity index (χ3n) is 3.52. The van der Waals surface area contributed by atoms with E-state index in [0.29, 0.717) is 6.04 Å². The second-order valence-electron chi connectivity index (χ2n) is 4.73. The van der Waals surface area contributed by atoms with E-state index in [9.17, 15) is 0 Å². The van der Waals surface area contributed by atoms with Gasteiger partial charge in [0.05, 0.1) is 11.2 Å². The van der Waals surface area contributed by atoms with Crippen LogP contribution in [0.2, 0.25) is 0 Å². The van der Waals surface area contributed by atoms with Crippen molar-refractivity contribution >= 4 is 22.3 Å². The van der Waals surface area contributed by atoms with Crippen LogP contribution in [0.1, 0.15) is 25.7 Å². The Kier molecular flexibility index (Phi) is 2.59. The molecular weight excluding hydrogens is 210 g/mol. The summed E-state index contributed by atoms with van der Waals surface area (Å²) in [4.78, 5) is 4.35. The number of nitrogens with one attached hydrogen (secondary N) is 1. The molecule has 1 fully saturated rings. The highest BCUT2D eigenvalue weighted by Gasteiger charge is 2.15. The summed E-state index contributed by atoms with van der Waals surface area (Å²) in [5.74, 6) is 0. The molecule has 1 heterocycles. The normalized spacial score (nSPS) is 16.5. The Hall–Kier alpha value is -1.77. The van der Waals surface area contributed by atoms with Crippen molar-refractivity contribution in [3.63, 3.8) is 0 Å². The number of pyridine rings is 1. The van der Waals surface area contributed by atoms with Crippen LogP contribution < -0.4 is 11.1 Å². The number of nitrogens with zero attached hydrogens (tertiary/aromatic N) is 1. The fraction of sp³-hybridized carbons (Fsp3) is 0.357. The van der Waals surface area contributed by atoms with Gasteiger partial charge in [0, 0.05) is 23.3 Å². The average Bonchev–Trinajstić information content (AvgIpc) is 2.86. The van der Waals surface area contributed by atoms with Crippen molar-refractivity contribution in [1.29, 1.82) is 0 Å². The molecule has 0 unspecified atom stereocenters. The van der Waals surface area contributed by atoms with Crippen molar-refractivity contribution in [2.45, 2.75) is 31.7 Å². The summed E-state index contributed by atoms with van der Waals surface area (Å²) in [5.41, 5.74) is 8.75. The maximum atomic E-state index is 5.94. The topological polar surface area (TPSA) is 50.9 Å². The molecule has 0 spiro atoms. The molecule has 17 heavy (non-hydrogen) atoms. The molecule has 3 heteroatoms. The lowest BCUT2D eigenvalue weighted by molar-refractivity contribution is 0.756. The predicted molar refractivity (Wildman–Crippen MR) is 72.0 cm³/mol. The number of hydrogen-bond donors (Lipinski definition) is 2. The van der Waals surface area contributed by atoms with Crippen molar-refractivity contribution in [1.82, 2.24) is 4.98 Å². The molecule has 88 valence electrons. The average molecular weight is 227 g/mol. The minimum Gasteiger partial charge on any atom is -0.397 e. The van der Waals surface area contributed by atoms with Gasteiger partial charge in [-0.2, -0.15) is 0 Å². The Morgan fingerprint density at radius 3 is 2.82 bits per heavy atom. The van der Waals surface area contributed by atoms with Gasteiger partial charge in [-0.05, 0) is 37.1 Å². The molecule has 1 aromatic heterocycles. The zero-order valence-electron chi connectivity index (χ0n) is 9.82. The fourth-order valence-electron chi connectivity index (χ4n) is 2.61. The van der Waals surface area contributed by atoms with Gasteiger partial charge in [0.25, 0.3) is 0 Å². The van der Waals surface area contributed by atoms with Gasteiger partial charge < -0.3 is 11.1 Å². The van der Waals surface area contributed by atoms with E-state index in [1.807, 2.05) is 12.1 Å². The summed E-state index contributed by atoms with van der Waals surface area (Å²) in [6, 6.07) is 8.66. The number of nitrogen functional groups attached to an aromatic ring is 1. The lowest BCUT2D eigenvalue weighted by Crippen LogP contribution is -2.14. The highest BCUT2D eigenvalue weighted by molar-refractivity contribution is 5.98. The Bertz CT molecular complexity index is 530. The lowest BCUT2D eigenvalue weighted by Gasteiger charge is -2.16. The SMILES string of the molecule is Nc1ccc(NC2CCCC2)c2cccnc12. The van der Waals surface area contributed by atoms with Crippen LogP contribution in [0.15, 0.2) is 30.5 Å². The molecule has 0 radical (unpaired) electrons. The molecule has 3 nitrogen and oxygen atoms in total. The Labute approximate surface area is 101 Å². The summed E-state index contributed by atoms with van der Waals surface area (Å²) < 4.78 is 0. The Morgan fingerprint density at radius 1 is 1.18 bits per heavy atom. The van der Waals surface area contributed by atoms with Gasteiger partial charge in [-0.25, -0.2) is 0 Å². The van der Waals surface area contributed by atoms with E-state index in [1.54, 1.807) is 6.20 Å². The maximum absolute atomic E-state index is 5.94. The molecule has 1 aromatic carbocycles. The largest absolute Gasteiger partial charge is 0.397 e. The van der Waals surface area contributed by atoms with E-state index in [0.717, 1.165) is 22.3 Å². The van der Waals surface area contributed by atoms with E-state index in [4.69, 9.17) is 5.73 Å². The highest BCUT2D eigenvalue weighted by Crippen LogP contribution is 2.29. The van der Waals surface area contributed by atoms with Gasteiger partial charge in [-0.3, -0.25) is 4.98 Å². The van der Waals surface area contributed by atoms with Crippen molar-refractivity contribution in [3.05, 3.63) is 30.5 Å². The van der Waals surface area contributed by atoms with Gasteiger partial charge in [-0.15, -0.1) is 0 Å². The number of hydrogen-bond acceptors (Lipinski definition) is 3. The van der Waals surface area contributed by atoms with Gasteiger partial charge in [-0.1, -0.05) is 12.8 Å². The van der Waals surface area contributed by atoms with Crippen molar-refractivity contribution < 1.29 is 0 Å². The van der Waals surface area contributed by atoms with Crippen LogP contribution in [0.25, 0.3) is 10.9 Å². The summed E-state index contributed by atoms with van der Waals surface area (Å²) in [7, 11) is 0. The van der Waals surface area contributed by atoms with Crippen molar-refractivity contribution in [3.8, 4) is 0 Å². The predicted octanol–water partition coefficient (Wildman–Crippen LogP) is 3.17. The van der Waals surface area contributed by atoms with E-state index >= 15 is 0 Å². The van der Waals surface area contributed by atoms with E-state index in [-0.39, 0.29) is 0 Å². The number of nitrogens with two attached hydrogens (primary N) is 1. The molecule has 3 rings (SSSR count). The van der Waals surface area contributed by atoms with Crippen LogP contribution in [-0.2, 0) is 0 Å². The van der Waals surface area contributed by atoms with Gasteiger partial charge in [0.1, 0.15) is 0 Å². The second-order valence-corrected chi connectivity index (χ2v) is 4.73. The number of anilines is 2. The molecule has 1 aliphatic carbocycles. The summed E-state index contributed by atoms with van der Waals surface area (Å²) >= 11 is 0. The summed E-state index contributed by atoms with van der Waals surface area (Å²) in [6.07, 6.45) is 7.00. The molecule has 0 amide bonds. The highest BCUT2D eigenvalue weighted by atomic mass is 14.9. The lowest BCUT2D eigenvalue weighted by atomic mass is 10.1. The first-order valence-corrected chi connectivity index (χ1v) is 6.24. The molecule has 0 atom stereocenters. The van der Waals surface area contributed by atoms with Gasteiger partial charge >= 0.3 is 0 Å². The molecular formula is C14H17N3. The minimum atomic E-state index is 0.613. The van der Waals surface area contributed by atoms with Crippen molar-refractivity contribution in [2.24, 2.45) is 0 Å². The number of aromatic nitrogens is 1. The smallest absolute Gasteiger partial charge is 0.0951 e. The van der Waals surface area contributed by atoms with Crippen LogP contribution in [-0.4, -0.2) is 11.0 Å². The monoisotopic (exact) mass is 227 g/mol. The van der Waals surface area contributed by atoms with E-state index < -0.39 is 0 Å². The summed E-state index contributed by atoms with van der Waals surface area (Å²) in [5, 5.41) is 4.74. The number of rotatable bonds is 2. The van der Waals surface area contributed by atoms with Crippen LogP contribution in [0.4, 0.5) is 11.4 Å². The first-order chi connectivity index (χ1) is 8.34. The quantitative estimate of drug-likeness (QED) is 0.775. The van der Waals surface area contributed by atoms with Gasteiger partial charge in [0.15, 0.2) is 0 Å². The third kappa shape index (κ3) is 1.93. The standard InChI is InChI=1S/C14H17N3/c15-12-7-8-13(17-10-4-1-2-5-10)11-6-3-9-16-14(11)12/h3,6-10,17H,1-2,4-5,15H2. The maximum Gasteiger partial charge on any atom is 0.0951 e. The Balaban J connectivity index is 2.01. The van der Waals surface area contributed by atoms with Gasteiger partial charge in [0.2, 0.25) is 0 Å². The summed E-state index contributed by atoms with van der Waals surface area (Å²) in [6.45, 7) is 0. The molecule has 3 N–H and O–H groups in total. The zero-order valence-corrected chi connectivity index (χ0v) is 9.82. The van der Waals surface area contributed by atoms with Crippen LogP contribution in [0.5, 0.6) is 0 Å². The number of fused-ring (bicyclic) bond motifs is 1. The molecule has 0 saturated heterocycles. The molecule has 0 aliphatic heterocycles. The molecule has 0 bridgehead atoms. The fourth-order valence-corrected chi connectivity index (χ4v) is 2.61. The van der Waals surface area contributed by atoms with E-state index in [1.165, 1.54) is 25.7 Å². The van der Waals surface area contributed by atoms with Crippen LogP contribution >= 0.6 is 0 Å².